The van der Waals surface area contributed by atoms with Gasteiger partial charge in [-0.2, -0.15) is 0 Å². The zero-order valence-electron chi connectivity index (χ0n) is 36.3. The van der Waals surface area contributed by atoms with Crippen LogP contribution in [0, 0.1) is 6.92 Å². The third kappa shape index (κ3) is 8.53. The topological polar surface area (TPSA) is 113 Å². The van der Waals surface area contributed by atoms with E-state index in [1.165, 1.54) is 5.56 Å². The number of hydrogen-bond acceptors (Lipinski definition) is 10. The van der Waals surface area contributed by atoms with Crippen LogP contribution in [0.15, 0.2) is 96.0 Å². The van der Waals surface area contributed by atoms with Gasteiger partial charge in [0.05, 0.1) is 44.2 Å². The van der Waals surface area contributed by atoms with Gasteiger partial charge in [0.25, 0.3) is 11.8 Å². The van der Waals surface area contributed by atoms with Crippen LogP contribution in [0.3, 0.4) is 0 Å². The van der Waals surface area contributed by atoms with E-state index in [2.05, 4.69) is 17.0 Å². The molecule has 0 aliphatic carbocycles. The van der Waals surface area contributed by atoms with Crippen molar-refractivity contribution in [2.24, 2.45) is 4.99 Å². The molecule has 12 heteroatoms. The molecule has 0 saturated carbocycles. The SMILES string of the molecule is COc1cc2c(cc1OCc1cc(COc3cc4c(cc3C)C(=O)N3c5ccccc5C[C@H]3CC4)cc(N(CC=O)CCOCCN(C)C)c1)N=C[C@@H]1Cc3ccccc3N1C2=O. The lowest BCUT2D eigenvalue weighted by Crippen LogP contribution is -2.37. The van der Waals surface area contributed by atoms with Crippen molar-refractivity contribution in [3.63, 3.8) is 0 Å². The van der Waals surface area contributed by atoms with Gasteiger partial charge in [0, 0.05) is 60.5 Å². The van der Waals surface area contributed by atoms with Crippen LogP contribution in [0.1, 0.15) is 60.5 Å². The first-order valence-electron chi connectivity index (χ1n) is 21.7. The third-order valence-electron chi connectivity index (χ3n) is 12.5. The fraction of sp³-hybridized carbons (Fsp3) is 0.333. The lowest BCUT2D eigenvalue weighted by atomic mass is 9.98. The quantitative estimate of drug-likeness (QED) is 0.0734. The van der Waals surface area contributed by atoms with Gasteiger partial charge in [-0.3, -0.25) is 19.5 Å². The molecule has 5 aromatic rings. The molecule has 0 saturated heterocycles. The number of nitrogens with zero attached hydrogens (tertiary/aromatic N) is 5. The van der Waals surface area contributed by atoms with Crippen molar-refractivity contribution >= 4 is 47.1 Å². The average Bonchev–Trinajstić information content (AvgIpc) is 3.78. The first-order valence-corrected chi connectivity index (χ1v) is 21.7. The molecule has 4 heterocycles. The van der Waals surface area contributed by atoms with Crippen molar-refractivity contribution in [3.8, 4) is 17.2 Å². The molecule has 0 bridgehead atoms. The maximum Gasteiger partial charge on any atom is 0.261 e. The van der Waals surface area contributed by atoms with E-state index in [0.717, 1.165) is 88.3 Å². The fourth-order valence-corrected chi connectivity index (χ4v) is 9.25. The molecule has 4 aliphatic heterocycles. The summed E-state index contributed by atoms with van der Waals surface area (Å²) in [6.07, 6.45) is 5.96. The zero-order valence-corrected chi connectivity index (χ0v) is 36.3. The number of aldehydes is 1. The Morgan fingerprint density at radius 3 is 2.16 bits per heavy atom. The Kier molecular flexibility index (Phi) is 12.0. The highest BCUT2D eigenvalue weighted by molar-refractivity contribution is 6.15. The van der Waals surface area contributed by atoms with Crippen molar-refractivity contribution in [1.29, 1.82) is 0 Å². The predicted octanol–water partition coefficient (Wildman–Crippen LogP) is 7.55. The summed E-state index contributed by atoms with van der Waals surface area (Å²) in [5.41, 5.74) is 10.4. The number of hydrogen-bond donors (Lipinski definition) is 0. The third-order valence-corrected chi connectivity index (χ3v) is 12.5. The molecule has 12 nitrogen and oxygen atoms in total. The molecule has 63 heavy (non-hydrogen) atoms. The molecule has 0 N–H and O–H groups in total. The lowest BCUT2D eigenvalue weighted by Gasteiger charge is -2.24. The Labute approximate surface area is 368 Å². The average molecular weight is 848 g/mol. The summed E-state index contributed by atoms with van der Waals surface area (Å²) < 4.78 is 24.8. The van der Waals surface area contributed by atoms with Crippen LogP contribution in [0.2, 0.25) is 0 Å². The Balaban J connectivity index is 0.971. The van der Waals surface area contributed by atoms with Crippen LogP contribution in [0.5, 0.6) is 17.2 Å². The number of methoxy groups -OCH3 is 1. The van der Waals surface area contributed by atoms with Gasteiger partial charge in [-0.25, -0.2) is 0 Å². The molecular weight excluding hydrogens is 795 g/mol. The normalized spacial score (nSPS) is 17.0. The van der Waals surface area contributed by atoms with E-state index in [9.17, 15) is 14.4 Å². The van der Waals surface area contributed by atoms with Crippen LogP contribution in [0.25, 0.3) is 0 Å². The monoisotopic (exact) mass is 847 g/mol. The molecule has 0 fully saturated rings. The van der Waals surface area contributed by atoms with Crippen molar-refractivity contribution in [2.75, 3.05) is 68.8 Å². The molecule has 5 aromatic carbocycles. The fourth-order valence-electron chi connectivity index (χ4n) is 9.25. The van der Waals surface area contributed by atoms with Gasteiger partial charge in [0.15, 0.2) is 11.5 Å². The first kappa shape index (κ1) is 41.8. The van der Waals surface area contributed by atoms with Gasteiger partial charge in [-0.15, -0.1) is 0 Å². The number of likely N-dealkylation sites (N-methyl/N-ethyl adjacent to an activating group) is 1. The summed E-state index contributed by atoms with van der Waals surface area (Å²) in [5.74, 6) is 1.50. The molecule has 4 aliphatic rings. The van der Waals surface area contributed by atoms with Crippen molar-refractivity contribution in [3.05, 3.63) is 136 Å². The number of aryl methyl sites for hydroxylation is 2. The molecule has 9 rings (SSSR count). The second-order valence-electron chi connectivity index (χ2n) is 17.0. The number of carbonyl (C=O) groups is 3. The summed E-state index contributed by atoms with van der Waals surface area (Å²) >= 11 is 0. The van der Waals surface area contributed by atoms with Gasteiger partial charge in [-0.05, 0) is 122 Å². The Bertz CT molecular complexity index is 2590. The number of ether oxygens (including phenoxy) is 4. The highest BCUT2D eigenvalue weighted by Gasteiger charge is 2.38. The van der Waals surface area contributed by atoms with Crippen LogP contribution in [0.4, 0.5) is 22.7 Å². The minimum atomic E-state index is -0.179. The highest BCUT2D eigenvalue weighted by atomic mass is 16.5. The molecule has 324 valence electrons. The molecule has 0 spiro atoms. The van der Waals surface area contributed by atoms with Crippen molar-refractivity contribution < 1.29 is 33.3 Å². The molecule has 0 unspecified atom stereocenters. The number of fused-ring (bicyclic) bond motifs is 8. The lowest BCUT2D eigenvalue weighted by molar-refractivity contribution is -0.106. The molecule has 0 aromatic heterocycles. The summed E-state index contributed by atoms with van der Waals surface area (Å²) in [7, 11) is 5.57. The predicted molar refractivity (Wildman–Crippen MR) is 245 cm³/mol. The molecule has 2 amide bonds. The van der Waals surface area contributed by atoms with E-state index in [0.29, 0.717) is 48.9 Å². The molecule has 0 radical (unpaired) electrons. The number of benzene rings is 5. The van der Waals surface area contributed by atoms with E-state index in [1.807, 2.05) is 109 Å². The van der Waals surface area contributed by atoms with E-state index in [-0.39, 0.29) is 43.7 Å². The summed E-state index contributed by atoms with van der Waals surface area (Å²) in [5, 5.41) is 0. The number of para-hydroxylation sites is 2. The minimum Gasteiger partial charge on any atom is -0.493 e. The Morgan fingerprint density at radius 2 is 1.43 bits per heavy atom. The minimum absolute atomic E-state index is 0.0426. The van der Waals surface area contributed by atoms with E-state index in [1.54, 1.807) is 19.2 Å². The number of aliphatic imine (C=N–C) groups is 1. The van der Waals surface area contributed by atoms with Crippen LogP contribution < -0.4 is 28.9 Å². The number of anilines is 3. The van der Waals surface area contributed by atoms with Gasteiger partial charge in [0.2, 0.25) is 0 Å². The Hall–Kier alpha value is -6.50. The van der Waals surface area contributed by atoms with Gasteiger partial charge >= 0.3 is 0 Å². The first-order chi connectivity index (χ1) is 30.7. The van der Waals surface area contributed by atoms with Crippen molar-refractivity contribution in [1.82, 2.24) is 4.90 Å². The standard InChI is InChI=1S/C51H53N5O7/c1-33-21-42-36(13-14-39-25-37-9-5-7-11-45(37)55(39)50(42)58)27-47(33)62-31-34-22-35(24-40(23-34)54(15-18-57)17-20-61-19-16-53(2)3)32-63-49-29-44-43(28-48(49)60-4)51(59)56-41(30-52-44)26-38-10-6-8-12-46(38)56/h5-12,18,21-24,27-30,39,41H,13-17,19-20,25-26,31-32H2,1-4H3/t39-,41+/m1/s1. The molecule has 2 atom stereocenters. The molecular formula is C51H53N5O7. The maximum atomic E-state index is 14.0. The van der Waals surface area contributed by atoms with E-state index in [4.69, 9.17) is 23.9 Å². The van der Waals surface area contributed by atoms with Crippen LogP contribution in [-0.4, -0.2) is 95.4 Å². The highest BCUT2D eigenvalue weighted by Crippen LogP contribution is 2.42. The van der Waals surface area contributed by atoms with Crippen molar-refractivity contribution in [2.45, 2.75) is 57.9 Å². The number of carbonyl (C=O) groups excluding carboxylic acids is 3. The zero-order chi connectivity index (χ0) is 43.6. The summed E-state index contributed by atoms with van der Waals surface area (Å²) in [6.45, 7) is 4.88. The van der Waals surface area contributed by atoms with Crippen LogP contribution >= 0.6 is 0 Å². The second-order valence-corrected chi connectivity index (χ2v) is 17.0. The maximum absolute atomic E-state index is 14.0. The van der Waals surface area contributed by atoms with Gasteiger partial charge in [0.1, 0.15) is 25.2 Å². The summed E-state index contributed by atoms with van der Waals surface area (Å²) in [6, 6.07) is 29.7. The number of amides is 2. The summed E-state index contributed by atoms with van der Waals surface area (Å²) in [4.78, 5) is 52.7. The van der Waals surface area contributed by atoms with Crippen LogP contribution in [-0.2, 0) is 42.0 Å². The number of rotatable bonds is 16. The smallest absolute Gasteiger partial charge is 0.261 e. The van der Waals surface area contributed by atoms with Gasteiger partial charge < -0.3 is 38.4 Å². The largest absolute Gasteiger partial charge is 0.493 e. The van der Waals surface area contributed by atoms with E-state index < -0.39 is 0 Å². The Morgan fingerprint density at radius 1 is 0.746 bits per heavy atom. The second kappa shape index (κ2) is 18.1. The van der Waals surface area contributed by atoms with E-state index >= 15 is 0 Å². The van der Waals surface area contributed by atoms with Gasteiger partial charge in [-0.1, -0.05) is 36.4 Å².